The zero-order chi connectivity index (χ0) is 25.4. The van der Waals surface area contributed by atoms with E-state index in [1.807, 2.05) is 19.1 Å². The van der Waals surface area contributed by atoms with Crippen molar-refractivity contribution in [2.75, 3.05) is 13.1 Å². The van der Waals surface area contributed by atoms with Gasteiger partial charge in [0.05, 0.1) is 12.6 Å². The number of hydrogen-bond acceptors (Lipinski definition) is 7. The number of aromatic nitrogens is 1. The smallest absolute Gasteiger partial charge is 0.287 e. The zero-order valence-electron chi connectivity index (χ0n) is 19.7. The van der Waals surface area contributed by atoms with Gasteiger partial charge < -0.3 is 14.6 Å². The first kappa shape index (κ1) is 24.1. The Hall–Kier alpha value is -3.57. The van der Waals surface area contributed by atoms with Crippen LogP contribution in [-0.2, 0) is 19.6 Å². The van der Waals surface area contributed by atoms with Crippen molar-refractivity contribution in [3.63, 3.8) is 0 Å². The molecule has 0 spiro atoms. The van der Waals surface area contributed by atoms with E-state index in [1.165, 1.54) is 17.2 Å². The summed E-state index contributed by atoms with van der Waals surface area (Å²) in [5.74, 6) is -1.18. The lowest BCUT2D eigenvalue weighted by atomic mass is 10.1. The van der Waals surface area contributed by atoms with Gasteiger partial charge in [-0.2, -0.15) is 4.31 Å². The van der Waals surface area contributed by atoms with Crippen LogP contribution >= 0.6 is 0 Å². The Morgan fingerprint density at radius 1 is 1.19 bits per heavy atom. The number of ketones is 1. The Morgan fingerprint density at radius 3 is 2.69 bits per heavy atom. The number of carbonyl (C=O) groups is 3. The number of Topliss-reactive ketones (excluding diaryl/α,β-unsaturated/α-hetero) is 1. The van der Waals surface area contributed by atoms with Crippen LogP contribution in [0.1, 0.15) is 36.7 Å². The summed E-state index contributed by atoms with van der Waals surface area (Å²) in [6.45, 7) is 1.79. The fraction of sp³-hybridized carbons (Fsp3) is 0.360. The second-order valence-corrected chi connectivity index (χ2v) is 10.8. The lowest BCUT2D eigenvalue weighted by molar-refractivity contribution is -0.138. The molecule has 3 unspecified atom stereocenters. The summed E-state index contributed by atoms with van der Waals surface area (Å²) in [5.41, 5.74) is 0.564. The average Bonchev–Trinajstić information content (AvgIpc) is 3.59. The van der Waals surface area contributed by atoms with E-state index in [2.05, 4.69) is 10.3 Å². The third-order valence-corrected chi connectivity index (χ3v) is 8.49. The van der Waals surface area contributed by atoms with Gasteiger partial charge in [-0.15, -0.1) is 0 Å². The number of amides is 2. The van der Waals surface area contributed by atoms with Crippen molar-refractivity contribution in [3.05, 3.63) is 60.5 Å². The van der Waals surface area contributed by atoms with Crippen molar-refractivity contribution in [2.45, 2.75) is 49.3 Å². The molecule has 2 saturated heterocycles. The number of para-hydroxylation sites is 1. The maximum absolute atomic E-state index is 13.5. The van der Waals surface area contributed by atoms with Crippen LogP contribution in [0.2, 0.25) is 0 Å². The SMILES string of the molecule is CCCC(NC(=O)c1cc2ccccc2o1)C(=O)N1CCC2C1C(=O)CN2S(=O)(=O)c1ccccn1. The minimum absolute atomic E-state index is 0.0916. The largest absolute Gasteiger partial charge is 0.451 e. The topological polar surface area (TPSA) is 130 Å². The molecule has 3 atom stereocenters. The number of rotatable bonds is 7. The van der Waals surface area contributed by atoms with Crippen LogP contribution < -0.4 is 5.32 Å². The quantitative estimate of drug-likeness (QED) is 0.514. The number of benzene rings is 1. The first-order valence-corrected chi connectivity index (χ1v) is 13.3. The van der Waals surface area contributed by atoms with Gasteiger partial charge in [0.25, 0.3) is 15.9 Å². The molecule has 4 heterocycles. The highest BCUT2D eigenvalue weighted by molar-refractivity contribution is 7.89. The molecule has 11 heteroatoms. The molecule has 1 N–H and O–H groups in total. The summed E-state index contributed by atoms with van der Waals surface area (Å²) in [6, 6.07) is 11.0. The fourth-order valence-electron chi connectivity index (χ4n) is 5.03. The summed E-state index contributed by atoms with van der Waals surface area (Å²) in [7, 11) is -3.99. The van der Waals surface area contributed by atoms with E-state index in [0.29, 0.717) is 24.8 Å². The summed E-state index contributed by atoms with van der Waals surface area (Å²) < 4.78 is 33.1. The molecule has 188 valence electrons. The van der Waals surface area contributed by atoms with E-state index < -0.39 is 40.0 Å². The lowest BCUT2D eigenvalue weighted by Gasteiger charge is -2.28. The van der Waals surface area contributed by atoms with Crippen LogP contribution in [0.5, 0.6) is 0 Å². The number of nitrogens with zero attached hydrogens (tertiary/aromatic N) is 3. The molecular formula is C25H26N4O6S. The highest BCUT2D eigenvalue weighted by Crippen LogP contribution is 2.34. The number of likely N-dealkylation sites (tertiary alicyclic amines) is 1. The van der Waals surface area contributed by atoms with E-state index in [-0.39, 0.29) is 29.7 Å². The molecular weight excluding hydrogens is 484 g/mol. The number of fused-ring (bicyclic) bond motifs is 2. The number of pyridine rings is 1. The number of furan rings is 1. The normalized spacial score (nSPS) is 21.0. The standard InChI is InChI=1S/C25H26N4O6S/c1-2-7-17(27-24(31)21-14-16-8-3-4-9-20(16)35-21)25(32)28-13-11-18-23(28)19(30)15-29(18)36(33,34)22-10-5-6-12-26-22/h3-6,8-10,12,14,17-18,23H,2,7,11,13,15H2,1H3,(H,27,31). The van der Waals surface area contributed by atoms with E-state index in [4.69, 9.17) is 4.42 Å². The average molecular weight is 511 g/mol. The Balaban J connectivity index is 1.34. The first-order chi connectivity index (χ1) is 17.3. The predicted molar refractivity (Wildman–Crippen MR) is 129 cm³/mol. The van der Waals surface area contributed by atoms with Crippen LogP contribution in [-0.4, -0.2) is 71.4 Å². The Bertz CT molecular complexity index is 1390. The second-order valence-electron chi connectivity index (χ2n) is 8.98. The zero-order valence-corrected chi connectivity index (χ0v) is 20.5. The van der Waals surface area contributed by atoms with Crippen LogP contribution in [0.15, 0.2) is 64.2 Å². The van der Waals surface area contributed by atoms with Crippen LogP contribution in [0, 0.1) is 0 Å². The minimum atomic E-state index is -3.99. The highest BCUT2D eigenvalue weighted by Gasteiger charge is 2.54. The van der Waals surface area contributed by atoms with E-state index in [1.54, 1.807) is 30.3 Å². The molecule has 0 bridgehead atoms. The lowest BCUT2D eigenvalue weighted by Crippen LogP contribution is -2.52. The van der Waals surface area contributed by atoms with E-state index >= 15 is 0 Å². The minimum Gasteiger partial charge on any atom is -0.451 e. The molecule has 2 aromatic heterocycles. The van der Waals surface area contributed by atoms with Gasteiger partial charge in [0.1, 0.15) is 17.7 Å². The van der Waals surface area contributed by atoms with Gasteiger partial charge in [-0.25, -0.2) is 13.4 Å². The van der Waals surface area contributed by atoms with Crippen molar-refractivity contribution in [3.8, 4) is 0 Å². The number of carbonyl (C=O) groups excluding carboxylic acids is 3. The van der Waals surface area contributed by atoms with Crippen LogP contribution in [0.25, 0.3) is 11.0 Å². The molecule has 3 aromatic rings. The van der Waals surface area contributed by atoms with Gasteiger partial charge in [-0.1, -0.05) is 37.6 Å². The Kier molecular flexibility index (Phi) is 6.35. The number of nitrogens with one attached hydrogen (secondary N) is 1. The molecule has 36 heavy (non-hydrogen) atoms. The molecule has 0 aliphatic carbocycles. The Labute approximate surface area is 208 Å². The third kappa shape index (κ3) is 4.18. The van der Waals surface area contributed by atoms with Gasteiger partial charge in [0, 0.05) is 18.1 Å². The third-order valence-electron chi connectivity index (χ3n) is 6.70. The van der Waals surface area contributed by atoms with Gasteiger partial charge in [0.2, 0.25) is 5.91 Å². The molecule has 5 rings (SSSR count). The number of hydrogen-bond donors (Lipinski definition) is 1. The van der Waals surface area contributed by atoms with Crippen molar-refractivity contribution < 1.29 is 27.2 Å². The summed E-state index contributed by atoms with van der Waals surface area (Å²) in [4.78, 5) is 44.8. The maximum Gasteiger partial charge on any atom is 0.287 e. The van der Waals surface area contributed by atoms with Gasteiger partial charge in [0.15, 0.2) is 16.6 Å². The van der Waals surface area contributed by atoms with Crippen LogP contribution in [0.3, 0.4) is 0 Å². The summed E-state index contributed by atoms with van der Waals surface area (Å²) in [6.07, 6.45) is 2.69. The summed E-state index contributed by atoms with van der Waals surface area (Å²) in [5, 5.41) is 3.40. The molecule has 2 fully saturated rings. The number of sulfonamides is 1. The first-order valence-electron chi connectivity index (χ1n) is 11.9. The Morgan fingerprint density at radius 2 is 1.97 bits per heavy atom. The van der Waals surface area contributed by atoms with Crippen molar-refractivity contribution in [2.24, 2.45) is 0 Å². The van der Waals surface area contributed by atoms with E-state index in [0.717, 1.165) is 9.69 Å². The maximum atomic E-state index is 13.5. The van der Waals surface area contributed by atoms with E-state index in [9.17, 15) is 22.8 Å². The monoisotopic (exact) mass is 510 g/mol. The second kappa shape index (κ2) is 9.47. The van der Waals surface area contributed by atoms with Gasteiger partial charge >= 0.3 is 0 Å². The molecule has 2 aliphatic rings. The fourth-order valence-corrected chi connectivity index (χ4v) is 6.59. The highest BCUT2D eigenvalue weighted by atomic mass is 32.2. The molecule has 2 amide bonds. The molecule has 0 radical (unpaired) electrons. The van der Waals surface area contributed by atoms with Crippen LogP contribution in [0.4, 0.5) is 0 Å². The van der Waals surface area contributed by atoms with Gasteiger partial charge in [-0.3, -0.25) is 14.4 Å². The van der Waals surface area contributed by atoms with Crippen molar-refractivity contribution in [1.29, 1.82) is 0 Å². The molecule has 0 saturated carbocycles. The van der Waals surface area contributed by atoms with Crippen molar-refractivity contribution >= 4 is 38.6 Å². The van der Waals surface area contributed by atoms with Gasteiger partial charge in [-0.05, 0) is 37.1 Å². The molecule has 2 aliphatic heterocycles. The molecule has 1 aromatic carbocycles. The van der Waals surface area contributed by atoms with Crippen molar-refractivity contribution in [1.82, 2.24) is 19.5 Å². The predicted octanol–water partition coefficient (Wildman–Crippen LogP) is 1.97. The molecule has 10 nitrogen and oxygen atoms in total. The summed E-state index contributed by atoms with van der Waals surface area (Å²) >= 11 is 0.